The Kier molecular flexibility index (Phi) is 6.68. The third-order valence-corrected chi connectivity index (χ3v) is 11.1. The molecule has 1 saturated heterocycles. The average Bonchev–Trinajstić information content (AvgIpc) is 3.43. The van der Waals surface area contributed by atoms with Gasteiger partial charge in [0.05, 0.1) is 18.3 Å². The number of carbonyl (C=O) groups is 3. The molecule has 4 fully saturated rings. The van der Waals surface area contributed by atoms with Crippen molar-refractivity contribution in [1.82, 2.24) is 4.90 Å². The monoisotopic (exact) mass is 604 g/mol. The van der Waals surface area contributed by atoms with E-state index in [1.165, 1.54) is 31.1 Å². The van der Waals surface area contributed by atoms with Crippen LogP contribution in [0.2, 0.25) is 5.02 Å². The number of rotatable bonds is 4. The second-order valence-electron chi connectivity index (χ2n) is 13.0. The first-order chi connectivity index (χ1) is 19.7. The van der Waals surface area contributed by atoms with Crippen molar-refractivity contribution in [2.75, 3.05) is 32.3 Å². The lowest BCUT2D eigenvalue weighted by atomic mass is 9.44. The van der Waals surface area contributed by atoms with Crippen LogP contribution in [0.5, 0.6) is 0 Å². The molecule has 42 heavy (non-hydrogen) atoms. The smallest absolute Gasteiger partial charge is 0.409 e. The van der Waals surface area contributed by atoms with Gasteiger partial charge in [-0.2, -0.15) is 0 Å². The summed E-state index contributed by atoms with van der Waals surface area (Å²) in [7, 11) is 3.00. The molecular formula is C31H35ClF2N2O6. The molecule has 1 aliphatic heterocycles. The number of aliphatic hydroxyl groups is 1. The molecule has 6 rings (SSSR count). The molecule has 1 amide bonds. The Morgan fingerprint density at radius 3 is 2.55 bits per heavy atom. The number of nitrogens with zero attached hydrogens (tertiary/aromatic N) is 2. The van der Waals surface area contributed by atoms with E-state index in [0.29, 0.717) is 17.1 Å². The zero-order valence-electron chi connectivity index (χ0n) is 24.0. The standard InChI is InChI=1S/C31H35ClF2N2O6/c1-28-10-9-20(37)12-23(28)24(33)13-22-21-11-17-15-36(19-7-5-18(32)6-8-19)42-31(17,26(39)16-41-27(40)35(3)4)29(21,2)14-25(38)30(22,28)34/h5-10,12,17,21-22,24-25,38H,11,13-16H2,1-4H3/t17-,21-,22-,24-,25-,28-,29-,30-,31-/m0/s1. The van der Waals surface area contributed by atoms with Crippen molar-refractivity contribution in [2.24, 2.45) is 28.6 Å². The minimum absolute atomic E-state index is 0.0427. The van der Waals surface area contributed by atoms with E-state index < -0.39 is 76.4 Å². The number of ketones is 2. The fourth-order valence-corrected chi connectivity index (χ4v) is 9.00. The first-order valence-corrected chi connectivity index (χ1v) is 14.6. The third-order valence-electron chi connectivity index (χ3n) is 10.8. The third kappa shape index (κ3) is 3.73. The Hall–Kier alpha value is -2.82. The molecular weight excluding hydrogens is 570 g/mol. The number of hydrogen-bond acceptors (Lipinski definition) is 7. The van der Waals surface area contributed by atoms with Crippen molar-refractivity contribution < 1.29 is 37.8 Å². The predicted octanol–water partition coefficient (Wildman–Crippen LogP) is 4.64. The molecule has 5 aliphatic rings. The van der Waals surface area contributed by atoms with Crippen molar-refractivity contribution in [2.45, 2.75) is 56.7 Å². The van der Waals surface area contributed by atoms with Gasteiger partial charge in [-0.05, 0) is 74.1 Å². The molecule has 1 N–H and O–H groups in total. The summed E-state index contributed by atoms with van der Waals surface area (Å²) in [5, 5.41) is 13.9. The van der Waals surface area contributed by atoms with Gasteiger partial charge in [0, 0.05) is 41.8 Å². The van der Waals surface area contributed by atoms with E-state index in [-0.39, 0.29) is 25.0 Å². The first kappa shape index (κ1) is 29.3. The highest BCUT2D eigenvalue weighted by Crippen LogP contribution is 2.72. The van der Waals surface area contributed by atoms with E-state index in [2.05, 4.69) is 0 Å². The number of anilines is 1. The van der Waals surface area contributed by atoms with Gasteiger partial charge >= 0.3 is 6.09 Å². The number of benzene rings is 1. The lowest BCUT2D eigenvalue weighted by Gasteiger charge is -2.63. The molecule has 226 valence electrons. The van der Waals surface area contributed by atoms with Crippen LogP contribution in [-0.4, -0.2) is 78.5 Å². The number of carbonyl (C=O) groups excluding carboxylic acids is 3. The van der Waals surface area contributed by atoms with E-state index in [9.17, 15) is 19.5 Å². The number of halogens is 3. The molecule has 0 radical (unpaired) electrons. The van der Waals surface area contributed by atoms with Crippen molar-refractivity contribution in [1.29, 1.82) is 0 Å². The number of allylic oxidation sites excluding steroid dienone is 4. The van der Waals surface area contributed by atoms with Crippen LogP contribution in [0.1, 0.15) is 33.1 Å². The zero-order valence-corrected chi connectivity index (χ0v) is 24.7. The van der Waals surface area contributed by atoms with Gasteiger partial charge in [0.1, 0.15) is 6.17 Å². The molecule has 1 aromatic carbocycles. The van der Waals surface area contributed by atoms with Gasteiger partial charge in [0.15, 0.2) is 23.7 Å². The summed E-state index contributed by atoms with van der Waals surface area (Å²) in [6.07, 6.45) is -0.143. The number of fused-ring (bicyclic) bond motifs is 7. The summed E-state index contributed by atoms with van der Waals surface area (Å²) in [6.45, 7) is 3.05. The van der Waals surface area contributed by atoms with Crippen molar-refractivity contribution in [3.63, 3.8) is 0 Å². The summed E-state index contributed by atoms with van der Waals surface area (Å²) in [4.78, 5) is 46.4. The SMILES string of the molecule is CN(C)C(=O)OCC(=O)[C@@]12ON(c3ccc(Cl)cc3)C[C@@H]1C[C@H]1[C@@H]3C[C@H](F)C4=CC(=O)C=C[C@]4(C)[C@@]3(F)[C@@H](O)C[C@@]12C. The summed E-state index contributed by atoms with van der Waals surface area (Å²) in [5.74, 6) is -2.88. The Morgan fingerprint density at radius 1 is 1.19 bits per heavy atom. The van der Waals surface area contributed by atoms with Gasteiger partial charge in [-0.3, -0.25) is 19.5 Å². The quantitative estimate of drug-likeness (QED) is 0.535. The largest absolute Gasteiger partial charge is 0.441 e. The molecule has 0 aromatic heterocycles. The van der Waals surface area contributed by atoms with Crippen LogP contribution in [0.25, 0.3) is 0 Å². The van der Waals surface area contributed by atoms with Crippen LogP contribution in [0, 0.1) is 28.6 Å². The fraction of sp³-hybridized carbons (Fsp3) is 0.581. The molecule has 8 nitrogen and oxygen atoms in total. The highest BCUT2D eigenvalue weighted by Gasteiger charge is 2.79. The van der Waals surface area contributed by atoms with Crippen molar-refractivity contribution in [3.8, 4) is 0 Å². The molecule has 9 atom stereocenters. The Labute approximate surface area is 248 Å². The van der Waals surface area contributed by atoms with Gasteiger partial charge < -0.3 is 14.7 Å². The number of Topliss-reactive ketones (excluding diaryl/α,β-unsaturated/α-hetero) is 1. The Balaban J connectivity index is 1.42. The molecule has 3 saturated carbocycles. The van der Waals surface area contributed by atoms with Gasteiger partial charge in [-0.15, -0.1) is 0 Å². The summed E-state index contributed by atoms with van der Waals surface area (Å²) >= 11 is 6.09. The molecule has 1 heterocycles. The van der Waals surface area contributed by atoms with Gasteiger partial charge in [0.25, 0.3) is 0 Å². The maximum absolute atomic E-state index is 17.6. The fourth-order valence-electron chi connectivity index (χ4n) is 8.87. The number of amides is 1. The molecule has 0 unspecified atom stereocenters. The van der Waals surface area contributed by atoms with Gasteiger partial charge in [0.2, 0.25) is 5.78 Å². The van der Waals surface area contributed by atoms with Crippen LogP contribution >= 0.6 is 11.6 Å². The highest BCUT2D eigenvalue weighted by atomic mass is 35.5. The van der Waals surface area contributed by atoms with Crippen molar-refractivity contribution in [3.05, 3.63) is 53.1 Å². The minimum atomic E-state index is -2.28. The van der Waals surface area contributed by atoms with E-state index in [0.717, 1.165) is 6.08 Å². The second kappa shape index (κ2) is 9.59. The summed E-state index contributed by atoms with van der Waals surface area (Å²) in [6, 6.07) is 6.92. The predicted molar refractivity (Wildman–Crippen MR) is 150 cm³/mol. The van der Waals surface area contributed by atoms with E-state index >= 15 is 8.78 Å². The molecule has 0 bridgehead atoms. The lowest BCUT2D eigenvalue weighted by molar-refractivity contribution is -0.228. The number of hydrogen-bond donors (Lipinski definition) is 1. The summed E-state index contributed by atoms with van der Waals surface area (Å²) in [5.41, 5.74) is -5.82. The normalized spacial score (nSPS) is 41.8. The Morgan fingerprint density at radius 2 is 1.88 bits per heavy atom. The summed E-state index contributed by atoms with van der Waals surface area (Å²) < 4.78 is 38.8. The molecule has 4 aliphatic carbocycles. The van der Waals surface area contributed by atoms with Crippen LogP contribution in [0.15, 0.2) is 48.1 Å². The van der Waals surface area contributed by atoms with E-state index in [1.807, 2.05) is 0 Å². The Bertz CT molecular complexity index is 1400. The van der Waals surface area contributed by atoms with E-state index in [1.54, 1.807) is 43.2 Å². The van der Waals surface area contributed by atoms with Gasteiger partial charge in [-0.1, -0.05) is 24.6 Å². The average molecular weight is 605 g/mol. The topological polar surface area (TPSA) is 96.4 Å². The van der Waals surface area contributed by atoms with Crippen LogP contribution < -0.4 is 5.06 Å². The van der Waals surface area contributed by atoms with Gasteiger partial charge in [-0.25, -0.2) is 13.6 Å². The van der Waals surface area contributed by atoms with Crippen LogP contribution in [0.3, 0.4) is 0 Å². The molecule has 0 spiro atoms. The number of ether oxygens (including phenoxy) is 1. The number of alkyl halides is 2. The number of hydroxylamine groups is 1. The maximum Gasteiger partial charge on any atom is 0.409 e. The van der Waals surface area contributed by atoms with E-state index in [4.69, 9.17) is 21.2 Å². The maximum atomic E-state index is 17.6. The number of aliphatic hydroxyl groups excluding tert-OH is 1. The minimum Gasteiger partial charge on any atom is -0.441 e. The molecule has 11 heteroatoms. The second-order valence-corrected chi connectivity index (χ2v) is 13.5. The zero-order chi connectivity index (χ0) is 30.4. The van der Waals surface area contributed by atoms with Crippen molar-refractivity contribution >= 4 is 34.9 Å². The van der Waals surface area contributed by atoms with Crippen LogP contribution in [0.4, 0.5) is 19.3 Å². The molecule has 1 aromatic rings. The lowest BCUT2D eigenvalue weighted by Crippen LogP contribution is -2.70. The van der Waals surface area contributed by atoms with Crippen LogP contribution in [-0.2, 0) is 19.2 Å². The first-order valence-electron chi connectivity index (χ1n) is 14.2. The highest BCUT2D eigenvalue weighted by molar-refractivity contribution is 6.30.